The van der Waals surface area contributed by atoms with Gasteiger partial charge in [-0.3, -0.25) is 4.79 Å². The number of amides is 1. The second-order valence-corrected chi connectivity index (χ2v) is 9.15. The molecule has 1 aromatic heterocycles. The highest BCUT2D eigenvalue weighted by Gasteiger charge is 2.36. The molecule has 0 aliphatic carbocycles. The molecule has 0 spiro atoms. The Kier molecular flexibility index (Phi) is 5.14. The summed E-state index contributed by atoms with van der Waals surface area (Å²) >= 11 is 1.64. The first kappa shape index (κ1) is 19.3. The second kappa shape index (κ2) is 7.44. The summed E-state index contributed by atoms with van der Waals surface area (Å²) in [7, 11) is 1.67. The molecule has 0 saturated carbocycles. The Morgan fingerprint density at radius 3 is 2.75 bits per heavy atom. The molecule has 3 heterocycles. The molecular weight excluding hydrogens is 374 g/mol. The molecule has 150 valence electrons. The summed E-state index contributed by atoms with van der Waals surface area (Å²) in [5.41, 5.74) is 3.03. The molecule has 4 rings (SSSR count). The van der Waals surface area contributed by atoms with Crippen molar-refractivity contribution in [3.05, 3.63) is 41.1 Å². The van der Waals surface area contributed by atoms with Gasteiger partial charge in [-0.2, -0.15) is 5.10 Å². The van der Waals surface area contributed by atoms with E-state index in [-0.39, 0.29) is 22.8 Å². The van der Waals surface area contributed by atoms with Crippen LogP contribution >= 0.6 is 11.8 Å². The average Bonchev–Trinajstić information content (AvgIpc) is 2.87. The van der Waals surface area contributed by atoms with E-state index in [4.69, 9.17) is 14.6 Å². The number of benzene rings is 1. The van der Waals surface area contributed by atoms with Crippen molar-refractivity contribution in [1.82, 2.24) is 9.78 Å². The second-order valence-electron chi connectivity index (χ2n) is 8.06. The maximum Gasteiger partial charge on any atom is 0.235 e. The number of hydrogen-bond donors (Lipinski definition) is 1. The largest absolute Gasteiger partial charge is 0.497 e. The number of nitrogens with zero attached hydrogens (tertiary/aromatic N) is 2. The van der Waals surface area contributed by atoms with Crippen LogP contribution in [0.25, 0.3) is 0 Å². The summed E-state index contributed by atoms with van der Waals surface area (Å²) in [5.74, 6) is 2.11. The highest BCUT2D eigenvalue weighted by Crippen LogP contribution is 2.45. The summed E-state index contributed by atoms with van der Waals surface area (Å²) in [6, 6.07) is 8.30. The van der Waals surface area contributed by atoms with E-state index in [2.05, 4.69) is 31.3 Å². The molecule has 1 N–H and O–H groups in total. The maximum atomic E-state index is 12.5. The fraction of sp³-hybridized carbons (Fsp3) is 0.524. The smallest absolute Gasteiger partial charge is 0.235 e. The van der Waals surface area contributed by atoms with Gasteiger partial charge in [0.1, 0.15) is 11.6 Å². The third-order valence-corrected chi connectivity index (χ3v) is 6.74. The number of aryl methyl sites for hydroxylation is 1. The van der Waals surface area contributed by atoms with E-state index in [9.17, 15) is 4.79 Å². The van der Waals surface area contributed by atoms with Crippen LogP contribution in [0.3, 0.4) is 0 Å². The monoisotopic (exact) mass is 401 g/mol. The molecule has 2 aliphatic rings. The third-order valence-electron chi connectivity index (χ3n) is 5.47. The Morgan fingerprint density at radius 1 is 1.32 bits per heavy atom. The van der Waals surface area contributed by atoms with Gasteiger partial charge >= 0.3 is 0 Å². The zero-order valence-corrected chi connectivity index (χ0v) is 17.6. The van der Waals surface area contributed by atoms with Gasteiger partial charge in [0.15, 0.2) is 0 Å². The quantitative estimate of drug-likeness (QED) is 0.839. The number of nitrogens with one attached hydrogen (secondary N) is 1. The van der Waals surface area contributed by atoms with E-state index in [0.717, 1.165) is 41.2 Å². The van der Waals surface area contributed by atoms with Gasteiger partial charge in [0.05, 0.1) is 35.4 Å². The summed E-state index contributed by atoms with van der Waals surface area (Å²) in [6.07, 6.45) is 1.77. The highest BCUT2D eigenvalue weighted by atomic mass is 32.2. The van der Waals surface area contributed by atoms with E-state index >= 15 is 0 Å². The Bertz CT molecular complexity index is 876. The standard InChI is InChI=1S/C21H27N3O3S/c1-13-18-19(14-5-7-16(26-4)8-6-14)28-12-17(25)22-20(18)24(23-13)15-9-10-27-21(2,3)11-15/h5-8,15,19H,9-12H2,1-4H3,(H,22,25)/t15-,19+/m0/s1. The molecule has 1 aromatic carbocycles. The van der Waals surface area contributed by atoms with Crippen molar-refractivity contribution in [2.45, 2.75) is 50.5 Å². The van der Waals surface area contributed by atoms with Gasteiger partial charge in [-0.05, 0) is 51.3 Å². The lowest BCUT2D eigenvalue weighted by Gasteiger charge is -2.36. The number of hydrogen-bond acceptors (Lipinski definition) is 5. The number of carbonyl (C=O) groups is 1. The topological polar surface area (TPSA) is 65.4 Å². The number of fused-ring (bicyclic) bond motifs is 1. The lowest BCUT2D eigenvalue weighted by Crippen LogP contribution is -2.36. The van der Waals surface area contributed by atoms with E-state index in [1.165, 1.54) is 0 Å². The summed E-state index contributed by atoms with van der Waals surface area (Å²) in [5, 5.41) is 8.07. The van der Waals surface area contributed by atoms with Crippen molar-refractivity contribution >= 4 is 23.5 Å². The summed E-state index contributed by atoms with van der Waals surface area (Å²) < 4.78 is 13.2. The van der Waals surface area contributed by atoms with Crippen molar-refractivity contribution in [3.8, 4) is 5.75 Å². The average molecular weight is 402 g/mol. The lowest BCUT2D eigenvalue weighted by atomic mass is 9.94. The minimum absolute atomic E-state index is 0.0229. The number of ether oxygens (including phenoxy) is 2. The molecule has 6 nitrogen and oxygen atoms in total. The highest BCUT2D eigenvalue weighted by molar-refractivity contribution is 8.00. The van der Waals surface area contributed by atoms with E-state index in [1.54, 1.807) is 18.9 Å². The molecule has 1 fully saturated rings. The van der Waals surface area contributed by atoms with Crippen molar-refractivity contribution in [3.63, 3.8) is 0 Å². The first-order chi connectivity index (χ1) is 13.4. The molecule has 2 aromatic rings. The first-order valence-electron chi connectivity index (χ1n) is 9.66. The molecule has 2 aliphatic heterocycles. The number of carbonyl (C=O) groups excluding carboxylic acids is 1. The molecule has 0 unspecified atom stereocenters. The van der Waals surface area contributed by atoms with Crippen molar-refractivity contribution < 1.29 is 14.3 Å². The Balaban J connectivity index is 1.76. The number of anilines is 1. The van der Waals surface area contributed by atoms with Crippen LogP contribution in [-0.2, 0) is 9.53 Å². The van der Waals surface area contributed by atoms with Crippen LogP contribution in [0.15, 0.2) is 24.3 Å². The minimum atomic E-state index is -0.186. The van der Waals surface area contributed by atoms with Crippen molar-refractivity contribution in [1.29, 1.82) is 0 Å². The van der Waals surface area contributed by atoms with E-state index in [1.807, 2.05) is 23.7 Å². The van der Waals surface area contributed by atoms with Crippen LogP contribution in [0.4, 0.5) is 5.82 Å². The van der Waals surface area contributed by atoms with Crippen LogP contribution in [0.1, 0.15) is 54.8 Å². The number of rotatable bonds is 3. The Morgan fingerprint density at radius 2 is 2.07 bits per heavy atom. The van der Waals surface area contributed by atoms with Gasteiger partial charge < -0.3 is 14.8 Å². The maximum absolute atomic E-state index is 12.5. The molecular formula is C21H27N3O3S. The van der Waals surface area contributed by atoms with Gasteiger partial charge in [0.25, 0.3) is 0 Å². The van der Waals surface area contributed by atoms with Crippen LogP contribution in [0, 0.1) is 6.92 Å². The molecule has 7 heteroatoms. The summed E-state index contributed by atoms with van der Waals surface area (Å²) in [6.45, 7) is 6.97. The van der Waals surface area contributed by atoms with Gasteiger partial charge in [-0.15, -0.1) is 11.8 Å². The van der Waals surface area contributed by atoms with Crippen LogP contribution in [0.5, 0.6) is 5.75 Å². The van der Waals surface area contributed by atoms with Crippen molar-refractivity contribution in [2.24, 2.45) is 0 Å². The normalized spacial score (nSPS) is 24.2. The third kappa shape index (κ3) is 3.65. The molecule has 28 heavy (non-hydrogen) atoms. The van der Waals surface area contributed by atoms with Crippen LogP contribution in [0.2, 0.25) is 0 Å². The molecule has 1 saturated heterocycles. The number of thioether (sulfide) groups is 1. The zero-order valence-electron chi connectivity index (χ0n) is 16.8. The molecule has 0 bridgehead atoms. The predicted molar refractivity (Wildman–Crippen MR) is 111 cm³/mol. The molecule has 0 radical (unpaired) electrons. The van der Waals surface area contributed by atoms with Gasteiger partial charge in [-0.25, -0.2) is 4.68 Å². The van der Waals surface area contributed by atoms with Gasteiger partial charge in [0.2, 0.25) is 5.91 Å². The Hall–Kier alpha value is -1.99. The SMILES string of the molecule is COc1ccc([C@H]2SCC(=O)Nc3c2c(C)nn3[C@H]2CCOC(C)(C)C2)cc1. The zero-order chi connectivity index (χ0) is 19.9. The lowest BCUT2D eigenvalue weighted by molar-refractivity contribution is -0.113. The van der Waals surface area contributed by atoms with Gasteiger partial charge in [-0.1, -0.05) is 12.1 Å². The van der Waals surface area contributed by atoms with Crippen molar-refractivity contribution in [2.75, 3.05) is 24.8 Å². The van der Waals surface area contributed by atoms with E-state index < -0.39 is 0 Å². The number of aromatic nitrogens is 2. The van der Waals surface area contributed by atoms with E-state index in [0.29, 0.717) is 12.4 Å². The molecule has 1 amide bonds. The van der Waals surface area contributed by atoms with Crippen LogP contribution in [-0.4, -0.2) is 40.8 Å². The summed E-state index contributed by atoms with van der Waals surface area (Å²) in [4.78, 5) is 12.5. The van der Waals surface area contributed by atoms with Gasteiger partial charge in [0, 0.05) is 12.2 Å². The predicted octanol–water partition coefficient (Wildman–Crippen LogP) is 4.10. The fourth-order valence-electron chi connectivity index (χ4n) is 4.12. The fourth-order valence-corrected chi connectivity index (χ4v) is 5.31. The Labute approximate surface area is 170 Å². The molecule has 2 atom stereocenters. The minimum Gasteiger partial charge on any atom is -0.497 e. The first-order valence-corrected chi connectivity index (χ1v) is 10.7. The van der Waals surface area contributed by atoms with Crippen LogP contribution < -0.4 is 10.1 Å². The number of methoxy groups -OCH3 is 1.